The number of nitrogens with one attached hydrogen (secondary N) is 1. The van der Waals surface area contributed by atoms with Gasteiger partial charge in [-0.15, -0.1) is 0 Å². The summed E-state index contributed by atoms with van der Waals surface area (Å²) in [6.45, 7) is 4.08. The summed E-state index contributed by atoms with van der Waals surface area (Å²) in [6.07, 6.45) is 7.88. The Morgan fingerprint density at radius 3 is 3.05 bits per heavy atom. The van der Waals surface area contributed by atoms with E-state index in [4.69, 9.17) is 4.42 Å². The molecule has 4 nitrogen and oxygen atoms in total. The lowest BCUT2D eigenvalue weighted by molar-refractivity contribution is -0.135. The minimum Gasteiger partial charge on any atom is -0.469 e. The average molecular weight is 276 g/mol. The molecule has 3 rings (SSSR count). The summed E-state index contributed by atoms with van der Waals surface area (Å²) in [5.41, 5.74) is 0.344. The summed E-state index contributed by atoms with van der Waals surface area (Å²) in [5.74, 6) is 1.19. The molecule has 1 atom stereocenters. The van der Waals surface area contributed by atoms with Gasteiger partial charge in [0.1, 0.15) is 5.76 Å². The first-order valence-corrected chi connectivity index (χ1v) is 7.78. The van der Waals surface area contributed by atoms with Crippen molar-refractivity contribution >= 4 is 5.91 Å². The lowest BCUT2D eigenvalue weighted by Crippen LogP contribution is -2.52. The Morgan fingerprint density at radius 2 is 2.30 bits per heavy atom. The van der Waals surface area contributed by atoms with E-state index in [1.165, 1.54) is 19.3 Å². The van der Waals surface area contributed by atoms with E-state index < -0.39 is 0 Å². The Hall–Kier alpha value is -1.29. The standard InChI is InChI=1S/C16H24N2O2/c19-15(6-5-14-4-1-11-20-14)18-10-3-8-16(13-18)7-2-9-17-12-16/h1,4,11,17H,2-3,5-10,12-13H2. The number of furan rings is 1. The first-order chi connectivity index (χ1) is 9.77. The molecule has 2 aliphatic heterocycles. The molecule has 1 aromatic rings. The topological polar surface area (TPSA) is 45.5 Å². The van der Waals surface area contributed by atoms with Crippen LogP contribution in [0.5, 0.6) is 0 Å². The highest BCUT2D eigenvalue weighted by atomic mass is 16.3. The fraction of sp³-hybridized carbons (Fsp3) is 0.688. The molecule has 20 heavy (non-hydrogen) atoms. The molecule has 0 aromatic carbocycles. The van der Waals surface area contributed by atoms with Gasteiger partial charge in [0.15, 0.2) is 0 Å². The van der Waals surface area contributed by atoms with E-state index in [9.17, 15) is 4.79 Å². The minimum absolute atomic E-state index is 0.283. The highest BCUT2D eigenvalue weighted by Gasteiger charge is 2.37. The van der Waals surface area contributed by atoms with E-state index in [-0.39, 0.29) is 5.91 Å². The molecule has 1 spiro atoms. The Bertz CT molecular complexity index is 430. The predicted molar refractivity (Wildman–Crippen MR) is 77.4 cm³/mol. The first kappa shape index (κ1) is 13.7. The zero-order valence-electron chi connectivity index (χ0n) is 12.1. The minimum atomic E-state index is 0.283. The number of piperidine rings is 2. The van der Waals surface area contributed by atoms with Gasteiger partial charge in [-0.3, -0.25) is 4.79 Å². The van der Waals surface area contributed by atoms with Crippen molar-refractivity contribution < 1.29 is 9.21 Å². The Morgan fingerprint density at radius 1 is 1.40 bits per heavy atom. The molecule has 1 aromatic heterocycles. The van der Waals surface area contributed by atoms with Crippen LogP contribution in [0.3, 0.4) is 0 Å². The highest BCUT2D eigenvalue weighted by Crippen LogP contribution is 2.36. The van der Waals surface area contributed by atoms with Crippen molar-refractivity contribution in [3.8, 4) is 0 Å². The largest absolute Gasteiger partial charge is 0.469 e. The van der Waals surface area contributed by atoms with Crippen molar-refractivity contribution in [2.75, 3.05) is 26.2 Å². The summed E-state index contributed by atoms with van der Waals surface area (Å²) in [6, 6.07) is 3.82. The third kappa shape index (κ3) is 3.06. The van der Waals surface area contributed by atoms with Crippen molar-refractivity contribution in [2.45, 2.75) is 38.5 Å². The molecule has 0 saturated carbocycles. The summed E-state index contributed by atoms with van der Waals surface area (Å²) in [4.78, 5) is 14.5. The number of carbonyl (C=O) groups excluding carboxylic acids is 1. The van der Waals surface area contributed by atoms with Gasteiger partial charge in [0.25, 0.3) is 0 Å². The molecule has 110 valence electrons. The number of nitrogens with zero attached hydrogens (tertiary/aromatic N) is 1. The van der Waals surface area contributed by atoms with Crippen LogP contribution in [0.15, 0.2) is 22.8 Å². The molecule has 1 unspecified atom stereocenters. The van der Waals surface area contributed by atoms with E-state index in [1.807, 2.05) is 12.1 Å². The second-order valence-corrected chi connectivity index (χ2v) is 6.28. The molecular weight excluding hydrogens is 252 g/mol. The molecule has 2 aliphatic rings. The SMILES string of the molecule is O=C(CCc1ccco1)N1CCCC2(CCCNC2)C1. The number of hydrogen-bond acceptors (Lipinski definition) is 3. The van der Waals surface area contributed by atoms with Crippen LogP contribution in [0.25, 0.3) is 0 Å². The molecule has 0 aliphatic carbocycles. The van der Waals surface area contributed by atoms with E-state index in [1.54, 1.807) is 6.26 Å². The van der Waals surface area contributed by atoms with Crippen molar-refractivity contribution in [3.63, 3.8) is 0 Å². The highest BCUT2D eigenvalue weighted by molar-refractivity contribution is 5.76. The van der Waals surface area contributed by atoms with Gasteiger partial charge < -0.3 is 14.6 Å². The number of aryl methyl sites for hydroxylation is 1. The number of likely N-dealkylation sites (tertiary alicyclic amines) is 1. The molecule has 0 radical (unpaired) electrons. The third-order valence-corrected chi connectivity index (χ3v) is 4.74. The summed E-state index contributed by atoms with van der Waals surface area (Å²) < 4.78 is 5.30. The van der Waals surface area contributed by atoms with Gasteiger partial charge in [-0.1, -0.05) is 0 Å². The maximum Gasteiger partial charge on any atom is 0.223 e. The summed E-state index contributed by atoms with van der Waals surface area (Å²) >= 11 is 0. The fourth-order valence-electron chi connectivity index (χ4n) is 3.64. The van der Waals surface area contributed by atoms with E-state index >= 15 is 0 Å². The molecule has 2 fully saturated rings. The van der Waals surface area contributed by atoms with E-state index in [0.717, 1.165) is 38.4 Å². The number of rotatable bonds is 3. The van der Waals surface area contributed by atoms with Gasteiger partial charge >= 0.3 is 0 Å². The monoisotopic (exact) mass is 276 g/mol. The normalized spacial score (nSPS) is 26.9. The maximum absolute atomic E-state index is 12.4. The van der Waals surface area contributed by atoms with E-state index in [0.29, 0.717) is 18.3 Å². The molecule has 3 heterocycles. The van der Waals surface area contributed by atoms with Crippen molar-refractivity contribution in [3.05, 3.63) is 24.2 Å². The molecule has 1 N–H and O–H groups in total. The maximum atomic E-state index is 12.4. The number of amides is 1. The number of carbonyl (C=O) groups is 1. The van der Waals surface area contributed by atoms with Crippen LogP contribution in [-0.2, 0) is 11.2 Å². The second-order valence-electron chi connectivity index (χ2n) is 6.28. The van der Waals surface area contributed by atoms with Crippen molar-refractivity contribution in [1.82, 2.24) is 10.2 Å². The number of hydrogen-bond donors (Lipinski definition) is 1. The van der Waals surface area contributed by atoms with Gasteiger partial charge in [-0.05, 0) is 44.4 Å². The van der Waals surface area contributed by atoms with Crippen molar-refractivity contribution in [2.24, 2.45) is 5.41 Å². The average Bonchev–Trinajstić information content (AvgIpc) is 2.99. The van der Waals surface area contributed by atoms with Crippen LogP contribution in [-0.4, -0.2) is 37.0 Å². The van der Waals surface area contributed by atoms with Crippen LogP contribution < -0.4 is 5.32 Å². The van der Waals surface area contributed by atoms with Gasteiger partial charge in [0, 0.05) is 37.9 Å². The van der Waals surface area contributed by atoms with Gasteiger partial charge in [0.05, 0.1) is 6.26 Å². The lowest BCUT2D eigenvalue weighted by atomic mass is 9.74. The Balaban J connectivity index is 1.54. The zero-order valence-corrected chi connectivity index (χ0v) is 12.1. The zero-order chi connectivity index (χ0) is 13.8. The van der Waals surface area contributed by atoms with Crippen LogP contribution in [0.2, 0.25) is 0 Å². The first-order valence-electron chi connectivity index (χ1n) is 7.78. The van der Waals surface area contributed by atoms with Gasteiger partial charge in [-0.2, -0.15) is 0 Å². The molecule has 2 saturated heterocycles. The van der Waals surface area contributed by atoms with Crippen LogP contribution in [0.1, 0.15) is 37.9 Å². The van der Waals surface area contributed by atoms with E-state index in [2.05, 4.69) is 10.2 Å². The molecule has 4 heteroatoms. The summed E-state index contributed by atoms with van der Waals surface area (Å²) in [5, 5.41) is 3.51. The Kier molecular flexibility index (Phi) is 4.10. The fourth-order valence-corrected chi connectivity index (χ4v) is 3.64. The smallest absolute Gasteiger partial charge is 0.223 e. The lowest BCUT2D eigenvalue weighted by Gasteiger charge is -2.45. The van der Waals surface area contributed by atoms with Crippen LogP contribution in [0, 0.1) is 5.41 Å². The second kappa shape index (κ2) is 6.00. The van der Waals surface area contributed by atoms with Gasteiger partial charge in [-0.25, -0.2) is 0 Å². The quantitative estimate of drug-likeness (QED) is 0.920. The van der Waals surface area contributed by atoms with Crippen LogP contribution >= 0.6 is 0 Å². The van der Waals surface area contributed by atoms with Gasteiger partial charge in [0.2, 0.25) is 5.91 Å². The molecular formula is C16H24N2O2. The third-order valence-electron chi connectivity index (χ3n) is 4.74. The van der Waals surface area contributed by atoms with Crippen molar-refractivity contribution in [1.29, 1.82) is 0 Å². The summed E-state index contributed by atoms with van der Waals surface area (Å²) in [7, 11) is 0. The van der Waals surface area contributed by atoms with Crippen LogP contribution in [0.4, 0.5) is 0 Å². The Labute approximate surface area is 120 Å². The predicted octanol–water partition coefficient (Wildman–Crippen LogP) is 2.20. The molecule has 0 bridgehead atoms. The molecule has 1 amide bonds.